The van der Waals surface area contributed by atoms with E-state index in [2.05, 4.69) is 9.88 Å². The molecule has 0 amide bonds. The van der Waals surface area contributed by atoms with Crippen LogP contribution in [-0.4, -0.2) is 47.1 Å². The first-order valence-corrected chi connectivity index (χ1v) is 9.63. The van der Waals surface area contributed by atoms with Gasteiger partial charge in [-0.15, -0.1) is 0 Å². The van der Waals surface area contributed by atoms with Gasteiger partial charge in [0, 0.05) is 54.5 Å². The van der Waals surface area contributed by atoms with Crippen molar-refractivity contribution in [3.05, 3.63) is 64.0 Å². The Labute approximate surface area is 171 Å². The molecule has 0 saturated carbocycles. The summed E-state index contributed by atoms with van der Waals surface area (Å²) in [5.74, 6) is -1.28. The smallest absolute Gasteiger partial charge is 0.325 e. The minimum Gasteiger partial charge on any atom is -0.480 e. The Hall–Kier alpha value is -2.28. The summed E-state index contributed by atoms with van der Waals surface area (Å²) in [6, 6.07) is 9.04. The van der Waals surface area contributed by atoms with E-state index in [1.165, 1.54) is 12.1 Å². The molecular formula is C20H18Cl2FN3O2. The lowest BCUT2D eigenvalue weighted by molar-refractivity contribution is -0.143. The maximum Gasteiger partial charge on any atom is 0.325 e. The molecule has 1 aliphatic rings. The van der Waals surface area contributed by atoms with Crippen molar-refractivity contribution in [2.24, 2.45) is 0 Å². The van der Waals surface area contributed by atoms with E-state index in [0.717, 1.165) is 11.1 Å². The molecule has 2 heterocycles. The molecular weight excluding hydrogens is 404 g/mol. The number of hydrogen-bond acceptors (Lipinski definition) is 3. The fraction of sp³-hybridized carbons (Fsp3) is 0.250. The first-order chi connectivity index (χ1) is 13.4. The Bertz CT molecular complexity index is 1030. The van der Waals surface area contributed by atoms with Crippen LogP contribution < -0.4 is 4.90 Å². The van der Waals surface area contributed by atoms with Crippen molar-refractivity contribution >= 4 is 45.8 Å². The zero-order valence-electron chi connectivity index (χ0n) is 14.8. The summed E-state index contributed by atoms with van der Waals surface area (Å²) in [5.41, 5.74) is 2.20. The molecule has 0 bridgehead atoms. The highest BCUT2D eigenvalue weighted by atomic mass is 35.5. The van der Waals surface area contributed by atoms with Crippen LogP contribution in [0.25, 0.3) is 10.9 Å². The average Bonchev–Trinajstić information content (AvgIpc) is 3.07. The van der Waals surface area contributed by atoms with Gasteiger partial charge in [0.05, 0.1) is 10.0 Å². The van der Waals surface area contributed by atoms with Crippen molar-refractivity contribution in [2.75, 3.05) is 31.1 Å². The Morgan fingerprint density at radius 3 is 2.50 bits per heavy atom. The zero-order chi connectivity index (χ0) is 19.8. The molecule has 28 heavy (non-hydrogen) atoms. The summed E-state index contributed by atoms with van der Waals surface area (Å²) >= 11 is 12.1. The van der Waals surface area contributed by atoms with E-state index in [4.69, 9.17) is 23.2 Å². The van der Waals surface area contributed by atoms with Crippen LogP contribution >= 0.6 is 23.2 Å². The van der Waals surface area contributed by atoms with Crippen LogP contribution in [0.1, 0.15) is 11.6 Å². The van der Waals surface area contributed by atoms with Gasteiger partial charge in [-0.25, -0.2) is 4.39 Å². The first-order valence-electron chi connectivity index (χ1n) is 8.87. The molecule has 1 unspecified atom stereocenters. The second kappa shape index (κ2) is 7.62. The lowest BCUT2D eigenvalue weighted by Gasteiger charge is -2.38. The predicted octanol–water partition coefficient (Wildman–Crippen LogP) is 4.56. The molecule has 1 fully saturated rings. The van der Waals surface area contributed by atoms with Crippen LogP contribution in [0.15, 0.2) is 42.6 Å². The highest BCUT2D eigenvalue weighted by Gasteiger charge is 2.32. The molecule has 0 aliphatic carbocycles. The van der Waals surface area contributed by atoms with Crippen LogP contribution in [-0.2, 0) is 4.79 Å². The molecule has 4 rings (SSSR count). The third-order valence-corrected chi connectivity index (χ3v) is 5.89. The summed E-state index contributed by atoms with van der Waals surface area (Å²) < 4.78 is 13.4. The molecule has 5 nitrogen and oxygen atoms in total. The predicted molar refractivity (Wildman–Crippen MR) is 109 cm³/mol. The molecule has 0 radical (unpaired) electrons. The van der Waals surface area contributed by atoms with E-state index in [9.17, 15) is 14.3 Å². The number of H-pyrrole nitrogens is 1. The van der Waals surface area contributed by atoms with E-state index in [-0.39, 0.29) is 5.82 Å². The molecule has 3 aromatic rings. The number of aromatic nitrogens is 1. The van der Waals surface area contributed by atoms with Crippen LogP contribution in [0.2, 0.25) is 10.0 Å². The number of aliphatic carboxylic acids is 1. The van der Waals surface area contributed by atoms with Gasteiger partial charge >= 0.3 is 5.97 Å². The molecule has 1 aliphatic heterocycles. The number of aromatic amines is 1. The summed E-state index contributed by atoms with van der Waals surface area (Å²) in [5, 5.41) is 11.6. The van der Waals surface area contributed by atoms with Crippen LogP contribution in [0.4, 0.5) is 10.1 Å². The Balaban J connectivity index is 1.55. The molecule has 1 aromatic heterocycles. The number of rotatable bonds is 4. The third kappa shape index (κ3) is 3.55. The number of nitrogens with one attached hydrogen (secondary N) is 1. The van der Waals surface area contributed by atoms with Crippen LogP contribution in [0.5, 0.6) is 0 Å². The van der Waals surface area contributed by atoms with Gasteiger partial charge < -0.3 is 15.0 Å². The van der Waals surface area contributed by atoms with Crippen molar-refractivity contribution in [3.8, 4) is 0 Å². The van der Waals surface area contributed by atoms with Gasteiger partial charge in [0.2, 0.25) is 0 Å². The van der Waals surface area contributed by atoms with Crippen molar-refractivity contribution in [3.63, 3.8) is 0 Å². The third-order valence-electron chi connectivity index (χ3n) is 5.15. The molecule has 1 saturated heterocycles. The largest absolute Gasteiger partial charge is 0.480 e. The minimum atomic E-state index is -0.923. The normalized spacial score (nSPS) is 16.5. The molecule has 2 N–H and O–H groups in total. The van der Waals surface area contributed by atoms with Gasteiger partial charge in [0.25, 0.3) is 0 Å². The lowest BCUT2D eigenvalue weighted by Crippen LogP contribution is -2.49. The number of carboxylic acid groups (broad SMARTS) is 1. The van der Waals surface area contributed by atoms with Crippen molar-refractivity contribution < 1.29 is 14.3 Å². The van der Waals surface area contributed by atoms with Gasteiger partial charge in [-0.05, 0) is 36.4 Å². The van der Waals surface area contributed by atoms with E-state index >= 15 is 0 Å². The number of benzene rings is 2. The second-order valence-corrected chi connectivity index (χ2v) is 7.61. The highest BCUT2D eigenvalue weighted by molar-refractivity contribution is 6.42. The Morgan fingerprint density at radius 2 is 1.82 bits per heavy atom. The highest BCUT2D eigenvalue weighted by Crippen LogP contribution is 2.32. The van der Waals surface area contributed by atoms with Crippen LogP contribution in [0, 0.1) is 5.82 Å². The SMILES string of the molecule is O=C(O)C(c1c[nH]c2cc(F)ccc12)N1CCN(c2ccc(Cl)c(Cl)c2)CC1. The molecule has 146 valence electrons. The fourth-order valence-electron chi connectivity index (χ4n) is 3.75. The topological polar surface area (TPSA) is 59.6 Å². The molecule has 0 spiro atoms. The number of carboxylic acids is 1. The summed E-state index contributed by atoms with van der Waals surface area (Å²) in [7, 11) is 0. The number of piperazine rings is 1. The van der Waals surface area contributed by atoms with Gasteiger partial charge in [-0.3, -0.25) is 9.69 Å². The minimum absolute atomic E-state index is 0.358. The maximum absolute atomic E-state index is 13.4. The first kappa shape index (κ1) is 19.1. The molecule has 8 heteroatoms. The fourth-order valence-corrected chi connectivity index (χ4v) is 4.05. The van der Waals surface area contributed by atoms with Gasteiger partial charge in [0.1, 0.15) is 11.9 Å². The van der Waals surface area contributed by atoms with E-state index < -0.39 is 12.0 Å². The van der Waals surface area contributed by atoms with Gasteiger partial charge in [0.15, 0.2) is 0 Å². The van der Waals surface area contributed by atoms with E-state index in [1.807, 2.05) is 17.0 Å². The number of anilines is 1. The van der Waals surface area contributed by atoms with Gasteiger partial charge in [-0.1, -0.05) is 23.2 Å². The maximum atomic E-state index is 13.4. The monoisotopic (exact) mass is 421 g/mol. The molecule has 2 aromatic carbocycles. The van der Waals surface area contributed by atoms with Crippen LogP contribution in [0.3, 0.4) is 0 Å². The summed E-state index contributed by atoms with van der Waals surface area (Å²) in [6.45, 7) is 2.48. The number of hydrogen-bond donors (Lipinski definition) is 2. The second-order valence-electron chi connectivity index (χ2n) is 6.80. The van der Waals surface area contributed by atoms with Crippen molar-refractivity contribution in [2.45, 2.75) is 6.04 Å². The quantitative estimate of drug-likeness (QED) is 0.647. The molecule has 1 atom stereocenters. The van der Waals surface area contributed by atoms with Crippen molar-refractivity contribution in [1.82, 2.24) is 9.88 Å². The van der Waals surface area contributed by atoms with Gasteiger partial charge in [-0.2, -0.15) is 0 Å². The number of halogens is 3. The van der Waals surface area contributed by atoms with E-state index in [1.54, 1.807) is 18.3 Å². The Morgan fingerprint density at radius 1 is 1.07 bits per heavy atom. The lowest BCUT2D eigenvalue weighted by atomic mass is 10.0. The standard InChI is InChI=1S/C20H18Cl2FN3O2/c21-16-4-2-13(10-17(16)22)25-5-7-26(8-6-25)19(20(27)28)15-11-24-18-9-12(23)1-3-14(15)18/h1-4,9-11,19,24H,5-8H2,(H,27,28). The zero-order valence-corrected chi connectivity index (χ0v) is 16.3. The number of nitrogens with zero attached hydrogens (tertiary/aromatic N) is 2. The summed E-state index contributed by atoms with van der Waals surface area (Å²) in [4.78, 5) is 19.1. The van der Waals surface area contributed by atoms with E-state index in [0.29, 0.717) is 47.3 Å². The number of fused-ring (bicyclic) bond motifs is 1. The van der Waals surface area contributed by atoms with Crippen molar-refractivity contribution in [1.29, 1.82) is 0 Å². The average molecular weight is 422 g/mol. The number of carbonyl (C=O) groups is 1. The summed E-state index contributed by atoms with van der Waals surface area (Å²) in [6.07, 6.45) is 1.66. The Kier molecular flexibility index (Phi) is 5.19.